The normalized spacial score (nSPS) is 14.4. The number of piperazine rings is 1. The number of sulfonamides is 1. The largest absolute Gasteiger partial charge is 0.493 e. The zero-order chi connectivity index (χ0) is 26.6. The molecule has 0 aliphatic carbocycles. The third-order valence-electron chi connectivity index (χ3n) is 6.15. The molecule has 3 aromatic rings. The Morgan fingerprint density at radius 3 is 2.00 bits per heavy atom. The van der Waals surface area contributed by atoms with Crippen molar-refractivity contribution in [2.45, 2.75) is 11.3 Å². The summed E-state index contributed by atoms with van der Waals surface area (Å²) < 4.78 is 54.7. The van der Waals surface area contributed by atoms with Crippen molar-refractivity contribution in [2.24, 2.45) is 0 Å². The van der Waals surface area contributed by atoms with E-state index in [-0.39, 0.29) is 4.90 Å². The summed E-state index contributed by atoms with van der Waals surface area (Å²) in [6, 6.07) is 8.47. The molecule has 0 atom stereocenters. The second-order valence-corrected chi connectivity index (χ2v) is 11.0. The summed E-state index contributed by atoms with van der Waals surface area (Å²) in [6.45, 7) is 1.81. The van der Waals surface area contributed by atoms with Gasteiger partial charge in [0.25, 0.3) is 0 Å². The minimum absolute atomic E-state index is 0.181. The Morgan fingerprint density at radius 2 is 1.43 bits per heavy atom. The zero-order valence-electron chi connectivity index (χ0n) is 21.5. The van der Waals surface area contributed by atoms with E-state index in [2.05, 4.69) is 4.90 Å². The molecule has 2 aromatic carbocycles. The molecule has 10 nitrogen and oxygen atoms in total. The summed E-state index contributed by atoms with van der Waals surface area (Å²) in [5.41, 5.74) is 1.90. The first kappa shape index (κ1) is 26.8. The SMILES string of the molecule is COc1ccc(S(=O)(=O)N2CCN(c3nc(Cc4cc(OC)c(OC)c(OC)c4)cs3)CC2)cc1OC. The number of aromatic nitrogens is 1. The monoisotopic (exact) mass is 549 g/mol. The standard InChI is InChI=1S/C25H31N3O7S2/c1-31-20-7-6-19(15-21(20)32-2)37(29,30)28-10-8-27(9-11-28)25-26-18(16-36-25)12-17-13-22(33-3)24(35-5)23(14-17)34-4/h6-7,13-16H,8-12H2,1-5H3. The first-order chi connectivity index (χ1) is 17.8. The van der Waals surface area contributed by atoms with Gasteiger partial charge in [-0.3, -0.25) is 0 Å². The van der Waals surface area contributed by atoms with Gasteiger partial charge < -0.3 is 28.6 Å². The van der Waals surface area contributed by atoms with E-state index in [1.165, 1.54) is 24.6 Å². The Bertz CT molecular complexity index is 1310. The minimum Gasteiger partial charge on any atom is -0.493 e. The van der Waals surface area contributed by atoms with Gasteiger partial charge in [0.2, 0.25) is 15.8 Å². The number of anilines is 1. The van der Waals surface area contributed by atoms with Crippen LogP contribution < -0.4 is 28.6 Å². The van der Waals surface area contributed by atoms with Crippen LogP contribution in [0.25, 0.3) is 0 Å². The second-order valence-electron chi connectivity index (χ2n) is 8.24. The molecule has 12 heteroatoms. The maximum atomic E-state index is 13.2. The number of thiazole rings is 1. The molecule has 200 valence electrons. The van der Waals surface area contributed by atoms with Crippen LogP contribution in [-0.4, -0.2) is 79.4 Å². The molecule has 0 radical (unpaired) electrons. The van der Waals surface area contributed by atoms with Crippen molar-refractivity contribution < 1.29 is 32.1 Å². The number of rotatable bonds is 10. The predicted octanol–water partition coefficient (Wildman–Crippen LogP) is 3.29. The van der Waals surface area contributed by atoms with E-state index in [1.54, 1.807) is 44.8 Å². The van der Waals surface area contributed by atoms with Crippen molar-refractivity contribution in [2.75, 3.05) is 66.6 Å². The zero-order valence-corrected chi connectivity index (χ0v) is 23.1. The van der Waals surface area contributed by atoms with Crippen LogP contribution in [0.3, 0.4) is 0 Å². The number of hydrogen-bond donors (Lipinski definition) is 0. The first-order valence-corrected chi connectivity index (χ1v) is 13.9. The highest BCUT2D eigenvalue weighted by molar-refractivity contribution is 7.89. The van der Waals surface area contributed by atoms with Crippen LogP contribution in [0.4, 0.5) is 5.13 Å². The molecule has 0 spiro atoms. The van der Waals surface area contributed by atoms with Gasteiger partial charge in [-0.1, -0.05) is 0 Å². The first-order valence-electron chi connectivity index (χ1n) is 11.5. The van der Waals surface area contributed by atoms with E-state index in [1.807, 2.05) is 17.5 Å². The van der Waals surface area contributed by atoms with Crippen molar-refractivity contribution in [3.05, 3.63) is 47.0 Å². The lowest BCUT2D eigenvalue weighted by atomic mass is 10.1. The van der Waals surface area contributed by atoms with E-state index in [9.17, 15) is 8.42 Å². The molecule has 0 unspecified atom stereocenters. The highest BCUT2D eigenvalue weighted by Crippen LogP contribution is 2.39. The van der Waals surface area contributed by atoms with Gasteiger partial charge in [-0.2, -0.15) is 4.31 Å². The van der Waals surface area contributed by atoms with Crippen LogP contribution in [0.5, 0.6) is 28.7 Å². The third-order valence-corrected chi connectivity index (χ3v) is 9.00. The number of hydrogen-bond acceptors (Lipinski definition) is 10. The molecular formula is C25H31N3O7S2. The Hall–Kier alpha value is -3.22. The van der Waals surface area contributed by atoms with Gasteiger partial charge >= 0.3 is 0 Å². The Kier molecular flexibility index (Phi) is 8.30. The van der Waals surface area contributed by atoms with E-state index < -0.39 is 10.0 Å². The van der Waals surface area contributed by atoms with Gasteiger partial charge in [0.1, 0.15) is 0 Å². The number of benzene rings is 2. The molecule has 0 saturated carbocycles. The molecule has 0 bridgehead atoms. The fraction of sp³-hybridized carbons (Fsp3) is 0.400. The van der Waals surface area contributed by atoms with Crippen LogP contribution in [0.1, 0.15) is 11.3 Å². The van der Waals surface area contributed by atoms with E-state index in [0.717, 1.165) is 16.4 Å². The van der Waals surface area contributed by atoms with Crippen LogP contribution in [0, 0.1) is 0 Å². The van der Waals surface area contributed by atoms with Crippen LogP contribution in [0.2, 0.25) is 0 Å². The fourth-order valence-corrected chi connectivity index (χ4v) is 6.53. The highest BCUT2D eigenvalue weighted by atomic mass is 32.2. The van der Waals surface area contributed by atoms with E-state index in [4.69, 9.17) is 28.7 Å². The molecule has 0 amide bonds. The molecule has 4 rings (SSSR count). The van der Waals surface area contributed by atoms with Gasteiger partial charge in [-0.25, -0.2) is 13.4 Å². The molecule has 2 heterocycles. The summed E-state index contributed by atoms with van der Waals surface area (Å²) in [5, 5.41) is 2.89. The van der Waals surface area contributed by atoms with Crippen LogP contribution >= 0.6 is 11.3 Å². The van der Waals surface area contributed by atoms with Gasteiger partial charge in [0.15, 0.2) is 28.1 Å². The Balaban J connectivity index is 1.43. The Labute approximate surface area is 221 Å². The molecule has 0 N–H and O–H groups in total. The predicted molar refractivity (Wildman–Crippen MR) is 142 cm³/mol. The fourth-order valence-electron chi connectivity index (χ4n) is 4.22. The van der Waals surface area contributed by atoms with Gasteiger partial charge in [-0.15, -0.1) is 11.3 Å². The van der Waals surface area contributed by atoms with E-state index >= 15 is 0 Å². The average Bonchev–Trinajstić information content (AvgIpc) is 3.40. The molecule has 1 aliphatic heterocycles. The van der Waals surface area contributed by atoms with Crippen LogP contribution in [0.15, 0.2) is 40.6 Å². The molecule has 37 heavy (non-hydrogen) atoms. The maximum absolute atomic E-state index is 13.2. The smallest absolute Gasteiger partial charge is 0.243 e. The number of ether oxygens (including phenoxy) is 5. The molecule has 1 aliphatic rings. The number of methoxy groups -OCH3 is 5. The van der Waals surface area contributed by atoms with Gasteiger partial charge in [0, 0.05) is 44.0 Å². The summed E-state index contributed by atoms with van der Waals surface area (Å²) in [7, 11) is 4.09. The molecular weight excluding hydrogens is 518 g/mol. The minimum atomic E-state index is -3.66. The quantitative estimate of drug-likeness (QED) is 0.377. The van der Waals surface area contributed by atoms with E-state index in [0.29, 0.717) is 61.3 Å². The third kappa shape index (κ3) is 5.55. The van der Waals surface area contributed by atoms with Crippen molar-refractivity contribution >= 4 is 26.5 Å². The Morgan fingerprint density at radius 1 is 0.811 bits per heavy atom. The summed E-state index contributed by atoms with van der Waals surface area (Å²) in [4.78, 5) is 7.10. The summed E-state index contributed by atoms with van der Waals surface area (Å²) >= 11 is 1.55. The van der Waals surface area contributed by atoms with Crippen molar-refractivity contribution in [1.82, 2.24) is 9.29 Å². The van der Waals surface area contributed by atoms with Crippen molar-refractivity contribution in [3.63, 3.8) is 0 Å². The summed E-state index contributed by atoms with van der Waals surface area (Å²) in [6.07, 6.45) is 0.598. The number of nitrogens with zero attached hydrogens (tertiary/aromatic N) is 3. The lowest BCUT2D eigenvalue weighted by Gasteiger charge is -2.33. The van der Waals surface area contributed by atoms with Crippen LogP contribution in [-0.2, 0) is 16.4 Å². The van der Waals surface area contributed by atoms with Crippen molar-refractivity contribution in [3.8, 4) is 28.7 Å². The average molecular weight is 550 g/mol. The lowest BCUT2D eigenvalue weighted by molar-refractivity contribution is 0.324. The second kappa shape index (κ2) is 11.4. The lowest BCUT2D eigenvalue weighted by Crippen LogP contribution is -2.48. The maximum Gasteiger partial charge on any atom is 0.243 e. The molecule has 1 aromatic heterocycles. The van der Waals surface area contributed by atoms with Crippen molar-refractivity contribution in [1.29, 1.82) is 0 Å². The van der Waals surface area contributed by atoms with Gasteiger partial charge in [-0.05, 0) is 29.8 Å². The topological polar surface area (TPSA) is 99.7 Å². The highest BCUT2D eigenvalue weighted by Gasteiger charge is 2.30. The van der Waals surface area contributed by atoms with Gasteiger partial charge in [0.05, 0.1) is 46.1 Å². The molecule has 1 fully saturated rings. The summed E-state index contributed by atoms with van der Waals surface area (Å²) in [5.74, 6) is 2.61. The molecule has 1 saturated heterocycles.